The van der Waals surface area contributed by atoms with E-state index in [1.807, 2.05) is 19.0 Å². The highest BCUT2D eigenvalue weighted by atomic mass is 19.4. The number of likely N-dealkylation sites (N-methyl/N-ethyl adjacent to an activating group) is 1. The molecule has 2 atom stereocenters. The first-order valence-corrected chi connectivity index (χ1v) is 10.2. The van der Waals surface area contributed by atoms with E-state index in [-0.39, 0.29) is 12.4 Å². The smallest absolute Gasteiger partial charge is 0.416 e. The van der Waals surface area contributed by atoms with Gasteiger partial charge in [0, 0.05) is 18.3 Å². The zero-order chi connectivity index (χ0) is 24.9. The van der Waals surface area contributed by atoms with E-state index in [2.05, 4.69) is 20.9 Å². The number of aliphatic imine (C=N–C) groups is 1. The zero-order valence-electron chi connectivity index (χ0n) is 18.4. The Hall–Kier alpha value is -3.35. The zero-order valence-corrected chi connectivity index (χ0v) is 18.4. The molecule has 0 fully saturated rings. The second-order valence-electron chi connectivity index (χ2n) is 7.88. The van der Waals surface area contributed by atoms with Gasteiger partial charge in [-0.2, -0.15) is 13.2 Å². The number of hydrogen-bond donors (Lipinski definition) is 5. The van der Waals surface area contributed by atoms with Crippen LogP contribution in [0.2, 0.25) is 0 Å². The molecule has 0 aliphatic carbocycles. The number of halogens is 4. The van der Waals surface area contributed by atoms with Gasteiger partial charge in [0.05, 0.1) is 17.6 Å². The van der Waals surface area contributed by atoms with Crippen molar-refractivity contribution >= 4 is 17.7 Å². The van der Waals surface area contributed by atoms with E-state index >= 15 is 0 Å². The van der Waals surface area contributed by atoms with E-state index in [4.69, 9.17) is 4.74 Å². The van der Waals surface area contributed by atoms with Crippen LogP contribution in [0.1, 0.15) is 5.56 Å². The molecule has 34 heavy (non-hydrogen) atoms. The first kappa shape index (κ1) is 25.3. The molecule has 12 heteroatoms. The first-order chi connectivity index (χ1) is 15.9. The standard InChI is InChI=1S/C22H25F4N5O3/c1-31(2)11-16(32)12-34-17-6-4-15(5-7-17)29-20-10-21(33,28-13-27-20)30-19-9-14(22(24,25)26)3-8-18(19)23/h3-10,13,16,29-30,32-33H,11-12H2,1-2H3,(H,27,28). The Balaban J connectivity index is 1.65. The summed E-state index contributed by atoms with van der Waals surface area (Å²) in [6, 6.07) is 8.53. The van der Waals surface area contributed by atoms with Crippen LogP contribution in [0.25, 0.3) is 0 Å². The average Bonchev–Trinajstić information content (AvgIpc) is 2.73. The molecular formula is C22H25F4N5O3. The summed E-state index contributed by atoms with van der Waals surface area (Å²) < 4.78 is 58.4. The number of hydrogen-bond acceptors (Lipinski definition) is 8. The predicted molar refractivity (Wildman–Crippen MR) is 120 cm³/mol. The van der Waals surface area contributed by atoms with Crippen LogP contribution in [-0.4, -0.2) is 60.7 Å². The van der Waals surface area contributed by atoms with E-state index in [0.717, 1.165) is 12.4 Å². The predicted octanol–water partition coefficient (Wildman–Crippen LogP) is 2.79. The fraction of sp³-hybridized carbons (Fsp3) is 0.318. The Morgan fingerprint density at radius 3 is 2.53 bits per heavy atom. The molecule has 0 saturated heterocycles. The lowest BCUT2D eigenvalue weighted by Crippen LogP contribution is -2.40. The van der Waals surface area contributed by atoms with Crippen LogP contribution in [0.15, 0.2) is 59.4 Å². The largest absolute Gasteiger partial charge is 0.491 e. The summed E-state index contributed by atoms with van der Waals surface area (Å²) in [5, 5.41) is 28.5. The van der Waals surface area contributed by atoms with Crippen molar-refractivity contribution in [2.24, 2.45) is 4.99 Å². The molecule has 0 saturated carbocycles. The molecule has 0 bridgehead atoms. The number of aliphatic hydroxyl groups is 2. The van der Waals surface area contributed by atoms with Gasteiger partial charge in [-0.1, -0.05) is 0 Å². The molecule has 1 heterocycles. The molecule has 2 unspecified atom stereocenters. The van der Waals surface area contributed by atoms with Crippen molar-refractivity contribution in [3.05, 3.63) is 65.7 Å². The van der Waals surface area contributed by atoms with Gasteiger partial charge in [-0.05, 0) is 56.6 Å². The van der Waals surface area contributed by atoms with Crippen molar-refractivity contribution in [2.75, 3.05) is 37.9 Å². The number of aliphatic hydroxyl groups excluding tert-OH is 1. The molecule has 1 aliphatic heterocycles. The molecule has 8 nitrogen and oxygen atoms in total. The Morgan fingerprint density at radius 2 is 1.88 bits per heavy atom. The number of nitrogens with zero attached hydrogens (tertiary/aromatic N) is 2. The fourth-order valence-electron chi connectivity index (χ4n) is 3.07. The van der Waals surface area contributed by atoms with Crippen molar-refractivity contribution < 1.29 is 32.5 Å². The van der Waals surface area contributed by atoms with Crippen LogP contribution in [0, 0.1) is 5.82 Å². The van der Waals surface area contributed by atoms with Crippen LogP contribution in [-0.2, 0) is 6.18 Å². The maximum atomic E-state index is 14.1. The van der Waals surface area contributed by atoms with Crippen LogP contribution < -0.4 is 20.7 Å². The lowest BCUT2D eigenvalue weighted by atomic mass is 10.1. The van der Waals surface area contributed by atoms with Crippen LogP contribution in [0.5, 0.6) is 5.75 Å². The maximum absolute atomic E-state index is 14.1. The van der Waals surface area contributed by atoms with Gasteiger partial charge in [0.2, 0.25) is 0 Å². The maximum Gasteiger partial charge on any atom is 0.416 e. The normalized spacial score (nSPS) is 18.8. The van der Waals surface area contributed by atoms with E-state index in [1.54, 1.807) is 24.3 Å². The number of alkyl halides is 3. The van der Waals surface area contributed by atoms with E-state index < -0.39 is 35.2 Å². The van der Waals surface area contributed by atoms with Crippen LogP contribution in [0.3, 0.4) is 0 Å². The minimum atomic E-state index is -4.67. The summed E-state index contributed by atoms with van der Waals surface area (Å²) in [6.45, 7) is 0.585. The van der Waals surface area contributed by atoms with E-state index in [1.165, 1.54) is 0 Å². The third kappa shape index (κ3) is 7.07. The number of rotatable bonds is 9. The molecule has 1 aliphatic rings. The van der Waals surface area contributed by atoms with Gasteiger partial charge < -0.3 is 35.8 Å². The molecular weight excluding hydrogens is 458 g/mol. The van der Waals surface area contributed by atoms with Crippen molar-refractivity contribution in [1.82, 2.24) is 10.2 Å². The van der Waals surface area contributed by atoms with Gasteiger partial charge in [-0.25, -0.2) is 9.38 Å². The highest BCUT2D eigenvalue weighted by Gasteiger charge is 2.33. The van der Waals surface area contributed by atoms with Gasteiger partial charge in [-0.15, -0.1) is 0 Å². The third-order valence-corrected chi connectivity index (χ3v) is 4.59. The van der Waals surface area contributed by atoms with Gasteiger partial charge in [0.15, 0.2) is 0 Å². The first-order valence-electron chi connectivity index (χ1n) is 10.2. The van der Waals surface area contributed by atoms with Gasteiger partial charge in [0.25, 0.3) is 5.85 Å². The summed E-state index contributed by atoms with van der Waals surface area (Å²) in [6.07, 6.45) is -3.05. The number of anilines is 2. The fourth-order valence-corrected chi connectivity index (χ4v) is 3.07. The topological polar surface area (TPSA) is 101 Å². The van der Waals surface area contributed by atoms with Gasteiger partial charge in [0.1, 0.15) is 30.1 Å². The molecule has 184 valence electrons. The molecule has 5 N–H and O–H groups in total. The van der Waals surface area contributed by atoms with Gasteiger partial charge in [-0.3, -0.25) is 0 Å². The highest BCUT2D eigenvalue weighted by Crippen LogP contribution is 2.33. The number of benzene rings is 2. The second kappa shape index (κ2) is 10.3. The van der Waals surface area contributed by atoms with Crippen molar-refractivity contribution in [1.29, 1.82) is 0 Å². The van der Waals surface area contributed by atoms with Crippen molar-refractivity contribution in [3.8, 4) is 5.75 Å². The lowest BCUT2D eigenvalue weighted by Gasteiger charge is -2.27. The summed E-state index contributed by atoms with van der Waals surface area (Å²) in [7, 11) is 3.68. The Kier molecular flexibility index (Phi) is 7.64. The monoisotopic (exact) mass is 483 g/mol. The molecule has 0 spiro atoms. The molecule has 3 rings (SSSR count). The second-order valence-corrected chi connectivity index (χ2v) is 7.88. The highest BCUT2D eigenvalue weighted by molar-refractivity contribution is 5.65. The number of ether oxygens (including phenoxy) is 1. The minimum Gasteiger partial charge on any atom is -0.491 e. The molecule has 2 aromatic carbocycles. The Bertz CT molecular complexity index is 1040. The molecule has 2 aromatic rings. The van der Waals surface area contributed by atoms with E-state index in [9.17, 15) is 27.8 Å². The Morgan fingerprint density at radius 1 is 1.18 bits per heavy atom. The van der Waals surface area contributed by atoms with Crippen molar-refractivity contribution in [2.45, 2.75) is 18.1 Å². The minimum absolute atomic E-state index is 0.124. The lowest BCUT2D eigenvalue weighted by molar-refractivity contribution is -0.137. The third-order valence-electron chi connectivity index (χ3n) is 4.59. The van der Waals surface area contributed by atoms with Crippen molar-refractivity contribution in [3.63, 3.8) is 0 Å². The van der Waals surface area contributed by atoms with Crippen LogP contribution >= 0.6 is 0 Å². The molecule has 0 aromatic heterocycles. The molecule has 0 radical (unpaired) electrons. The van der Waals surface area contributed by atoms with E-state index in [0.29, 0.717) is 36.2 Å². The quantitative estimate of drug-likeness (QED) is 0.276. The van der Waals surface area contributed by atoms with Gasteiger partial charge >= 0.3 is 6.18 Å². The average molecular weight is 483 g/mol. The summed E-state index contributed by atoms with van der Waals surface area (Å²) in [4.78, 5) is 5.59. The number of nitrogens with one attached hydrogen (secondary N) is 3. The summed E-state index contributed by atoms with van der Waals surface area (Å²) in [5.41, 5.74) is -1.05. The SMILES string of the molecule is CN(C)CC(O)COc1ccc(NC2=CC(O)(Nc3cc(C(F)(F)F)ccc3F)N=CN2)cc1. The van der Waals surface area contributed by atoms with Crippen LogP contribution in [0.4, 0.5) is 28.9 Å². The summed E-state index contributed by atoms with van der Waals surface area (Å²) in [5.74, 6) is -2.41. The Labute approximate surface area is 193 Å². The molecule has 0 amide bonds. The summed E-state index contributed by atoms with van der Waals surface area (Å²) >= 11 is 0.